The van der Waals surface area contributed by atoms with E-state index in [-0.39, 0.29) is 17.4 Å². The van der Waals surface area contributed by atoms with Crippen molar-refractivity contribution in [2.75, 3.05) is 0 Å². The Morgan fingerprint density at radius 3 is 2.50 bits per heavy atom. The first-order chi connectivity index (χ1) is 9.60. The minimum Gasteiger partial charge on any atom is -0.508 e. The normalized spacial score (nSPS) is 11.4. The van der Waals surface area contributed by atoms with E-state index in [1.54, 1.807) is 43.3 Å². The molecule has 20 heavy (non-hydrogen) atoms. The van der Waals surface area contributed by atoms with Crippen LogP contribution >= 0.6 is 0 Å². The lowest BCUT2D eigenvalue weighted by molar-refractivity contribution is 0.0926. The number of hydrazone groups is 1. The van der Waals surface area contributed by atoms with Crippen molar-refractivity contribution in [2.24, 2.45) is 5.10 Å². The average Bonchev–Trinajstić information content (AvgIpc) is 2.88. The number of furan rings is 1. The fourth-order valence-electron chi connectivity index (χ4n) is 1.73. The highest BCUT2D eigenvalue weighted by molar-refractivity contribution is 6.01. The first-order valence-corrected chi connectivity index (χ1v) is 6.33. The molecule has 1 heterocycles. The highest BCUT2D eigenvalue weighted by Gasteiger charge is 2.09. The number of phenolic OH excluding ortho intramolecular Hbond substituents is 1. The number of amides is 1. The predicted octanol–water partition coefficient (Wildman–Crippen LogP) is 2.84. The molecule has 1 aromatic carbocycles. The fourth-order valence-corrected chi connectivity index (χ4v) is 1.73. The first kappa shape index (κ1) is 13.9. The molecule has 0 aliphatic heterocycles. The summed E-state index contributed by atoms with van der Waals surface area (Å²) in [7, 11) is 0. The number of carbonyl (C=O) groups excluding carboxylic acids is 1. The monoisotopic (exact) mass is 272 g/mol. The Kier molecular flexibility index (Phi) is 4.20. The van der Waals surface area contributed by atoms with E-state index >= 15 is 0 Å². The lowest BCUT2D eigenvalue weighted by atomic mass is 10.1. The van der Waals surface area contributed by atoms with Crippen LogP contribution in [0.4, 0.5) is 0 Å². The van der Waals surface area contributed by atoms with Gasteiger partial charge in [-0.05, 0) is 55.3 Å². The third kappa shape index (κ3) is 3.26. The summed E-state index contributed by atoms with van der Waals surface area (Å²) in [4.78, 5) is 11.8. The van der Waals surface area contributed by atoms with E-state index in [2.05, 4.69) is 10.5 Å². The second kappa shape index (κ2) is 6.06. The molecule has 5 heteroatoms. The van der Waals surface area contributed by atoms with Crippen molar-refractivity contribution in [1.29, 1.82) is 0 Å². The van der Waals surface area contributed by atoms with Crippen LogP contribution in [-0.4, -0.2) is 16.7 Å². The molecule has 0 saturated heterocycles. The number of nitrogens with zero attached hydrogens (tertiary/aromatic N) is 1. The molecule has 104 valence electrons. The number of aromatic hydroxyl groups is 1. The SMILES string of the molecule is CCC(=NNC(=O)c1ccc(C)o1)c1ccc(O)cc1. The Bertz CT molecular complexity index is 627. The van der Waals surface area contributed by atoms with E-state index in [9.17, 15) is 9.90 Å². The van der Waals surface area contributed by atoms with Crippen molar-refractivity contribution in [1.82, 2.24) is 5.43 Å². The standard InChI is InChI=1S/C15H16N2O3/c1-3-13(11-5-7-12(18)8-6-11)16-17-15(19)14-9-4-10(2)20-14/h4-9,18H,3H2,1-2H3,(H,17,19). The second-order valence-electron chi connectivity index (χ2n) is 4.31. The maximum Gasteiger partial charge on any atom is 0.307 e. The van der Waals surface area contributed by atoms with Crippen LogP contribution in [0.25, 0.3) is 0 Å². The molecule has 1 aromatic heterocycles. The Morgan fingerprint density at radius 2 is 1.95 bits per heavy atom. The van der Waals surface area contributed by atoms with Gasteiger partial charge >= 0.3 is 5.91 Å². The van der Waals surface area contributed by atoms with Crippen molar-refractivity contribution in [3.05, 3.63) is 53.5 Å². The van der Waals surface area contributed by atoms with Gasteiger partial charge in [0.15, 0.2) is 5.76 Å². The van der Waals surface area contributed by atoms with Gasteiger partial charge in [-0.1, -0.05) is 6.92 Å². The highest BCUT2D eigenvalue weighted by Crippen LogP contribution is 2.12. The summed E-state index contributed by atoms with van der Waals surface area (Å²) in [6.07, 6.45) is 0.655. The van der Waals surface area contributed by atoms with Gasteiger partial charge in [0, 0.05) is 0 Å². The molecule has 0 atom stereocenters. The Labute approximate surface area is 116 Å². The zero-order valence-corrected chi connectivity index (χ0v) is 11.4. The van der Waals surface area contributed by atoms with Crippen LogP contribution in [-0.2, 0) is 0 Å². The summed E-state index contributed by atoms with van der Waals surface area (Å²) in [6.45, 7) is 3.71. The second-order valence-corrected chi connectivity index (χ2v) is 4.31. The molecule has 0 bridgehead atoms. The minimum absolute atomic E-state index is 0.194. The summed E-state index contributed by atoms with van der Waals surface area (Å²) in [5.74, 6) is 0.711. The molecule has 2 aromatic rings. The summed E-state index contributed by atoms with van der Waals surface area (Å²) in [6, 6.07) is 9.99. The van der Waals surface area contributed by atoms with Gasteiger partial charge < -0.3 is 9.52 Å². The van der Waals surface area contributed by atoms with Gasteiger partial charge in [0.1, 0.15) is 11.5 Å². The van der Waals surface area contributed by atoms with Gasteiger partial charge in [-0.25, -0.2) is 5.43 Å². The van der Waals surface area contributed by atoms with Crippen LogP contribution in [0.2, 0.25) is 0 Å². The summed E-state index contributed by atoms with van der Waals surface area (Å²) < 4.78 is 5.22. The number of phenols is 1. The van der Waals surface area contributed by atoms with Crippen molar-refractivity contribution in [2.45, 2.75) is 20.3 Å². The number of hydrogen-bond acceptors (Lipinski definition) is 4. The largest absolute Gasteiger partial charge is 0.508 e. The van der Waals surface area contributed by atoms with Crippen LogP contribution in [0.15, 0.2) is 45.9 Å². The fraction of sp³-hybridized carbons (Fsp3) is 0.200. The third-order valence-electron chi connectivity index (χ3n) is 2.79. The van der Waals surface area contributed by atoms with Gasteiger partial charge in [-0.15, -0.1) is 0 Å². The molecule has 2 N–H and O–H groups in total. The Hall–Kier alpha value is -2.56. The molecule has 0 radical (unpaired) electrons. The molecule has 0 saturated carbocycles. The van der Waals surface area contributed by atoms with Crippen LogP contribution in [0.5, 0.6) is 5.75 Å². The lowest BCUT2D eigenvalue weighted by Gasteiger charge is -2.04. The zero-order chi connectivity index (χ0) is 14.5. The van der Waals surface area contributed by atoms with E-state index in [0.29, 0.717) is 12.2 Å². The van der Waals surface area contributed by atoms with E-state index in [0.717, 1.165) is 11.3 Å². The van der Waals surface area contributed by atoms with Gasteiger partial charge in [0.25, 0.3) is 0 Å². The van der Waals surface area contributed by atoms with E-state index in [1.165, 1.54) is 0 Å². The summed E-state index contributed by atoms with van der Waals surface area (Å²) in [5, 5.41) is 13.4. The van der Waals surface area contributed by atoms with E-state index in [1.807, 2.05) is 6.92 Å². The van der Waals surface area contributed by atoms with Crippen molar-refractivity contribution in [3.8, 4) is 5.75 Å². The zero-order valence-electron chi connectivity index (χ0n) is 11.4. The summed E-state index contributed by atoms with van der Waals surface area (Å²) in [5.41, 5.74) is 4.04. The van der Waals surface area contributed by atoms with Crippen molar-refractivity contribution >= 4 is 11.6 Å². The maximum atomic E-state index is 11.8. The molecule has 0 aliphatic carbocycles. The molecule has 2 rings (SSSR count). The highest BCUT2D eigenvalue weighted by atomic mass is 16.3. The van der Waals surface area contributed by atoms with Crippen LogP contribution in [0.1, 0.15) is 35.2 Å². The average molecular weight is 272 g/mol. The van der Waals surface area contributed by atoms with Crippen molar-refractivity contribution < 1.29 is 14.3 Å². The number of aryl methyl sites for hydroxylation is 1. The molecular formula is C15H16N2O3. The van der Waals surface area contributed by atoms with Gasteiger partial charge in [0.2, 0.25) is 0 Å². The molecule has 0 fully saturated rings. The van der Waals surface area contributed by atoms with Crippen LogP contribution < -0.4 is 5.43 Å². The van der Waals surface area contributed by atoms with E-state index < -0.39 is 0 Å². The van der Waals surface area contributed by atoms with Gasteiger partial charge in [-0.2, -0.15) is 5.10 Å². The molecular weight excluding hydrogens is 256 g/mol. The number of benzene rings is 1. The third-order valence-corrected chi connectivity index (χ3v) is 2.79. The molecule has 0 aliphatic rings. The lowest BCUT2D eigenvalue weighted by Crippen LogP contribution is -2.19. The number of rotatable bonds is 4. The minimum atomic E-state index is -0.386. The van der Waals surface area contributed by atoms with E-state index in [4.69, 9.17) is 4.42 Å². The smallest absolute Gasteiger partial charge is 0.307 e. The Morgan fingerprint density at radius 1 is 1.25 bits per heavy atom. The molecule has 0 spiro atoms. The summed E-state index contributed by atoms with van der Waals surface area (Å²) >= 11 is 0. The maximum absolute atomic E-state index is 11.8. The van der Waals surface area contributed by atoms with Crippen LogP contribution in [0.3, 0.4) is 0 Å². The Balaban J connectivity index is 2.11. The van der Waals surface area contributed by atoms with Crippen molar-refractivity contribution in [3.63, 3.8) is 0 Å². The van der Waals surface area contributed by atoms with Gasteiger partial charge in [0.05, 0.1) is 5.71 Å². The molecule has 1 amide bonds. The van der Waals surface area contributed by atoms with Crippen LogP contribution in [0, 0.1) is 6.92 Å². The quantitative estimate of drug-likeness (QED) is 0.664. The molecule has 0 unspecified atom stereocenters. The number of nitrogens with one attached hydrogen (secondary N) is 1. The topological polar surface area (TPSA) is 74.8 Å². The number of hydrogen-bond donors (Lipinski definition) is 2. The first-order valence-electron chi connectivity index (χ1n) is 6.33. The number of carbonyl (C=O) groups is 1. The molecule has 5 nitrogen and oxygen atoms in total. The van der Waals surface area contributed by atoms with Gasteiger partial charge in [-0.3, -0.25) is 4.79 Å². The predicted molar refractivity (Wildman–Crippen MR) is 75.8 cm³/mol.